The van der Waals surface area contributed by atoms with Crippen molar-refractivity contribution in [3.63, 3.8) is 0 Å². The van der Waals surface area contributed by atoms with Crippen LogP contribution < -0.4 is 4.90 Å². The molecule has 0 atom stereocenters. The van der Waals surface area contributed by atoms with Gasteiger partial charge in [0.1, 0.15) is 10.8 Å². The zero-order valence-electron chi connectivity index (χ0n) is 17.1. The van der Waals surface area contributed by atoms with Crippen LogP contribution in [0.4, 0.5) is 19.0 Å². The highest BCUT2D eigenvalue weighted by Crippen LogP contribution is 2.32. The van der Waals surface area contributed by atoms with E-state index in [1.54, 1.807) is 35.6 Å². The summed E-state index contributed by atoms with van der Waals surface area (Å²) in [4.78, 5) is 16.6. The fraction of sp³-hybridized carbons (Fsp3) is 0.261. The first-order valence-corrected chi connectivity index (χ1v) is 11.2. The molecule has 5 nitrogen and oxygen atoms in total. The average molecular weight is 456 g/mol. The van der Waals surface area contributed by atoms with Gasteiger partial charge in [-0.25, -0.2) is 15.0 Å². The smallest absolute Gasteiger partial charge is 0.353 e. The van der Waals surface area contributed by atoms with Crippen molar-refractivity contribution < 1.29 is 13.2 Å². The maximum atomic E-state index is 13.3. The number of nitrogens with zero attached hydrogens (tertiary/aromatic N) is 5. The lowest BCUT2D eigenvalue weighted by molar-refractivity contribution is -0.144. The second-order valence-corrected chi connectivity index (χ2v) is 8.52. The van der Waals surface area contributed by atoms with E-state index >= 15 is 0 Å². The van der Waals surface area contributed by atoms with Crippen LogP contribution in [0.2, 0.25) is 0 Å². The monoisotopic (exact) mass is 455 g/mol. The summed E-state index contributed by atoms with van der Waals surface area (Å²) in [5.74, 6) is -0.743. The lowest BCUT2D eigenvalue weighted by Gasteiger charge is -2.35. The van der Waals surface area contributed by atoms with Crippen LogP contribution in [-0.4, -0.2) is 46.0 Å². The Bertz CT molecular complexity index is 1220. The summed E-state index contributed by atoms with van der Waals surface area (Å²) in [6.45, 7) is 3.34. The van der Waals surface area contributed by atoms with Gasteiger partial charge in [0.2, 0.25) is 5.82 Å². The van der Waals surface area contributed by atoms with Gasteiger partial charge in [-0.2, -0.15) is 13.2 Å². The predicted molar refractivity (Wildman–Crippen MR) is 120 cm³/mol. The molecule has 4 aromatic rings. The van der Waals surface area contributed by atoms with Crippen LogP contribution in [0.1, 0.15) is 11.5 Å². The number of alkyl halides is 3. The van der Waals surface area contributed by atoms with Crippen molar-refractivity contribution in [2.24, 2.45) is 0 Å². The van der Waals surface area contributed by atoms with Crippen LogP contribution in [0.15, 0.2) is 60.0 Å². The molecule has 3 heterocycles. The van der Waals surface area contributed by atoms with Gasteiger partial charge in [-0.05, 0) is 12.1 Å². The fourth-order valence-electron chi connectivity index (χ4n) is 3.87. The van der Waals surface area contributed by atoms with Crippen molar-refractivity contribution in [2.45, 2.75) is 12.7 Å². The SMILES string of the molecule is FC(F)(F)c1nc(N2CCN(Cc3csc(-c4ccccc4)n3)CC2)c2ccccc2n1. The molecule has 0 radical (unpaired) electrons. The number of aromatic nitrogens is 3. The molecule has 164 valence electrons. The molecule has 1 aliphatic heterocycles. The summed E-state index contributed by atoms with van der Waals surface area (Å²) in [5, 5.41) is 3.70. The van der Waals surface area contributed by atoms with Gasteiger partial charge < -0.3 is 4.90 Å². The van der Waals surface area contributed by atoms with Gasteiger partial charge in [0, 0.05) is 49.1 Å². The van der Waals surface area contributed by atoms with E-state index in [0.29, 0.717) is 29.8 Å². The number of hydrogen-bond acceptors (Lipinski definition) is 6. The minimum atomic E-state index is -4.58. The second kappa shape index (κ2) is 8.48. The van der Waals surface area contributed by atoms with Gasteiger partial charge in [-0.3, -0.25) is 4.90 Å². The van der Waals surface area contributed by atoms with Crippen molar-refractivity contribution in [2.75, 3.05) is 31.1 Å². The van der Waals surface area contributed by atoms with E-state index in [0.717, 1.165) is 35.9 Å². The van der Waals surface area contributed by atoms with Crippen molar-refractivity contribution >= 4 is 28.1 Å². The molecule has 0 N–H and O–H groups in total. The number of thiazole rings is 1. The first-order valence-electron chi connectivity index (χ1n) is 10.3. The van der Waals surface area contributed by atoms with E-state index in [-0.39, 0.29) is 0 Å². The van der Waals surface area contributed by atoms with Crippen LogP contribution in [0.25, 0.3) is 21.5 Å². The van der Waals surface area contributed by atoms with Crippen LogP contribution in [-0.2, 0) is 12.7 Å². The Balaban J connectivity index is 1.30. The maximum Gasteiger partial charge on any atom is 0.451 e. The summed E-state index contributed by atoms with van der Waals surface area (Å²) < 4.78 is 40.0. The number of hydrogen-bond donors (Lipinski definition) is 0. The summed E-state index contributed by atoms with van der Waals surface area (Å²) >= 11 is 1.62. The molecule has 2 aromatic carbocycles. The summed E-state index contributed by atoms with van der Waals surface area (Å²) in [6, 6.07) is 16.9. The van der Waals surface area contributed by atoms with Crippen LogP contribution >= 0.6 is 11.3 Å². The molecule has 1 aliphatic rings. The van der Waals surface area contributed by atoms with Gasteiger partial charge in [-0.15, -0.1) is 11.3 Å². The fourth-order valence-corrected chi connectivity index (χ4v) is 4.68. The molecule has 0 bridgehead atoms. The highest BCUT2D eigenvalue weighted by Gasteiger charge is 2.36. The number of fused-ring (bicyclic) bond motifs is 1. The van der Waals surface area contributed by atoms with Crippen molar-refractivity contribution in [1.82, 2.24) is 19.9 Å². The topological polar surface area (TPSA) is 45.2 Å². The highest BCUT2D eigenvalue weighted by molar-refractivity contribution is 7.13. The third kappa shape index (κ3) is 4.31. The number of halogens is 3. The zero-order valence-corrected chi connectivity index (χ0v) is 17.9. The largest absolute Gasteiger partial charge is 0.451 e. The summed E-state index contributed by atoms with van der Waals surface area (Å²) in [7, 11) is 0. The molecule has 0 aliphatic carbocycles. The van der Waals surface area contributed by atoms with E-state index < -0.39 is 12.0 Å². The molecule has 9 heteroatoms. The molecule has 1 fully saturated rings. The van der Waals surface area contributed by atoms with Gasteiger partial charge in [0.05, 0.1) is 11.2 Å². The number of rotatable bonds is 4. The molecule has 0 amide bonds. The number of anilines is 1. The number of piperazine rings is 1. The Morgan fingerprint density at radius 1 is 0.844 bits per heavy atom. The van der Waals surface area contributed by atoms with Crippen molar-refractivity contribution in [3.05, 3.63) is 71.5 Å². The third-order valence-corrected chi connectivity index (χ3v) is 6.41. The van der Waals surface area contributed by atoms with E-state index in [1.807, 2.05) is 35.2 Å². The normalized spacial score (nSPS) is 15.4. The molecule has 0 unspecified atom stereocenters. The van der Waals surface area contributed by atoms with E-state index in [1.165, 1.54) is 0 Å². The Kier molecular flexibility index (Phi) is 5.52. The quantitative estimate of drug-likeness (QED) is 0.429. The third-order valence-electron chi connectivity index (χ3n) is 5.47. The Morgan fingerprint density at radius 2 is 1.56 bits per heavy atom. The van der Waals surface area contributed by atoms with Crippen molar-refractivity contribution in [1.29, 1.82) is 0 Å². The Hall–Kier alpha value is -3.04. The minimum absolute atomic E-state index is 0.308. The second-order valence-electron chi connectivity index (χ2n) is 7.66. The maximum absolute atomic E-state index is 13.3. The lowest BCUT2D eigenvalue weighted by atomic mass is 10.2. The van der Waals surface area contributed by atoms with Gasteiger partial charge in [0.15, 0.2) is 0 Å². The molecular weight excluding hydrogens is 435 g/mol. The molecule has 0 spiro atoms. The molecule has 32 heavy (non-hydrogen) atoms. The van der Waals surface area contributed by atoms with Crippen molar-refractivity contribution in [3.8, 4) is 10.6 Å². The molecule has 0 saturated carbocycles. The zero-order chi connectivity index (χ0) is 22.1. The first kappa shape index (κ1) is 20.8. The average Bonchev–Trinajstić information content (AvgIpc) is 3.27. The summed E-state index contributed by atoms with van der Waals surface area (Å²) in [5.41, 5.74) is 2.42. The molecule has 1 saturated heterocycles. The van der Waals surface area contributed by atoms with Crippen LogP contribution in [0, 0.1) is 0 Å². The van der Waals surface area contributed by atoms with Gasteiger partial charge in [-0.1, -0.05) is 42.5 Å². The Morgan fingerprint density at radius 3 is 2.31 bits per heavy atom. The highest BCUT2D eigenvalue weighted by atomic mass is 32.1. The predicted octanol–water partition coefficient (Wildman–Crippen LogP) is 5.09. The van der Waals surface area contributed by atoms with E-state index in [4.69, 9.17) is 4.98 Å². The van der Waals surface area contributed by atoms with Gasteiger partial charge >= 0.3 is 6.18 Å². The Labute approximate surface area is 187 Å². The van der Waals surface area contributed by atoms with Crippen LogP contribution in [0.3, 0.4) is 0 Å². The number of benzene rings is 2. The number of para-hydroxylation sites is 1. The van der Waals surface area contributed by atoms with E-state index in [9.17, 15) is 13.2 Å². The lowest BCUT2D eigenvalue weighted by Crippen LogP contribution is -2.46. The molecule has 2 aromatic heterocycles. The van der Waals surface area contributed by atoms with E-state index in [2.05, 4.69) is 20.2 Å². The minimum Gasteiger partial charge on any atom is -0.353 e. The molecule has 5 rings (SSSR count). The standard InChI is InChI=1S/C23H20F3N5S/c24-23(25,26)22-28-19-9-5-4-8-18(19)20(29-22)31-12-10-30(11-13-31)14-17-15-32-21(27-17)16-6-2-1-3-7-16/h1-9,15H,10-14H2. The molecular formula is C23H20F3N5S. The first-order chi connectivity index (χ1) is 15.5. The van der Waals surface area contributed by atoms with Gasteiger partial charge in [0.25, 0.3) is 0 Å². The summed E-state index contributed by atoms with van der Waals surface area (Å²) in [6.07, 6.45) is -4.58. The van der Waals surface area contributed by atoms with Crippen LogP contribution in [0.5, 0.6) is 0 Å².